The van der Waals surface area contributed by atoms with E-state index in [-0.39, 0.29) is 5.91 Å². The molecule has 3 heteroatoms. The van der Waals surface area contributed by atoms with Gasteiger partial charge in [-0.15, -0.1) is 0 Å². The summed E-state index contributed by atoms with van der Waals surface area (Å²) in [5.41, 5.74) is 2.85. The first-order valence-corrected chi connectivity index (χ1v) is 7.64. The molecule has 2 rings (SSSR count). The van der Waals surface area contributed by atoms with Gasteiger partial charge in [0.05, 0.1) is 5.60 Å². The molecule has 1 aromatic carbocycles. The van der Waals surface area contributed by atoms with Crippen molar-refractivity contribution in [3.05, 3.63) is 41.0 Å². The van der Waals surface area contributed by atoms with Crippen LogP contribution in [-0.4, -0.2) is 34.6 Å². The minimum Gasteiger partial charge on any atom is -0.390 e. The van der Waals surface area contributed by atoms with Gasteiger partial charge in [0.2, 0.25) is 5.91 Å². The number of rotatable bonds is 2. The second-order valence-corrected chi connectivity index (χ2v) is 6.37. The Bertz CT molecular complexity index is 546. The third-order valence-electron chi connectivity index (χ3n) is 4.21. The highest BCUT2D eigenvalue weighted by molar-refractivity contribution is 5.92. The van der Waals surface area contributed by atoms with E-state index in [9.17, 15) is 9.90 Å². The lowest BCUT2D eigenvalue weighted by Gasteiger charge is -2.21. The highest BCUT2D eigenvalue weighted by Crippen LogP contribution is 2.21. The standard InChI is InChI=1S/C18H25NO2/c1-14-5-6-16(15(2)13-14)7-8-17(20)19-11-4-9-18(3,21)10-12-19/h5-8,13,21H,4,9-12H2,1-3H3/b8-7+. The number of nitrogens with zero attached hydrogens (tertiary/aromatic N) is 1. The number of amides is 1. The molecule has 0 aliphatic carbocycles. The Balaban J connectivity index is 2.02. The fourth-order valence-electron chi connectivity index (χ4n) is 2.76. The van der Waals surface area contributed by atoms with Gasteiger partial charge in [-0.3, -0.25) is 4.79 Å². The van der Waals surface area contributed by atoms with Crippen LogP contribution in [0.15, 0.2) is 24.3 Å². The van der Waals surface area contributed by atoms with Gasteiger partial charge in [0.25, 0.3) is 0 Å². The first-order valence-electron chi connectivity index (χ1n) is 7.64. The van der Waals surface area contributed by atoms with Crippen LogP contribution in [0.1, 0.15) is 42.9 Å². The molecule has 1 amide bonds. The Kier molecular flexibility index (Phi) is 4.84. The summed E-state index contributed by atoms with van der Waals surface area (Å²) in [6, 6.07) is 6.22. The second-order valence-electron chi connectivity index (χ2n) is 6.37. The second kappa shape index (κ2) is 6.44. The molecule has 21 heavy (non-hydrogen) atoms. The van der Waals surface area contributed by atoms with Gasteiger partial charge in [0.15, 0.2) is 0 Å². The minimum absolute atomic E-state index is 0.0349. The molecule has 1 heterocycles. The summed E-state index contributed by atoms with van der Waals surface area (Å²) in [6.07, 6.45) is 5.81. The van der Waals surface area contributed by atoms with Gasteiger partial charge < -0.3 is 10.0 Å². The zero-order valence-electron chi connectivity index (χ0n) is 13.2. The number of carbonyl (C=O) groups is 1. The summed E-state index contributed by atoms with van der Waals surface area (Å²) in [5, 5.41) is 10.1. The van der Waals surface area contributed by atoms with Gasteiger partial charge in [-0.1, -0.05) is 23.8 Å². The summed E-state index contributed by atoms with van der Waals surface area (Å²) >= 11 is 0. The van der Waals surface area contributed by atoms with Gasteiger partial charge in [-0.05, 0) is 57.2 Å². The van der Waals surface area contributed by atoms with E-state index in [1.165, 1.54) is 11.1 Å². The van der Waals surface area contributed by atoms with Crippen molar-refractivity contribution in [3.8, 4) is 0 Å². The Hall–Kier alpha value is -1.61. The zero-order valence-corrected chi connectivity index (χ0v) is 13.2. The third-order valence-corrected chi connectivity index (χ3v) is 4.21. The molecular weight excluding hydrogens is 262 g/mol. The van der Waals surface area contributed by atoms with E-state index in [4.69, 9.17) is 0 Å². The van der Waals surface area contributed by atoms with E-state index in [1.54, 1.807) is 6.08 Å². The molecule has 1 aliphatic rings. The van der Waals surface area contributed by atoms with Crippen molar-refractivity contribution in [2.45, 2.75) is 45.6 Å². The predicted molar refractivity (Wildman–Crippen MR) is 86.0 cm³/mol. The molecule has 1 atom stereocenters. The largest absolute Gasteiger partial charge is 0.390 e. The van der Waals surface area contributed by atoms with Gasteiger partial charge in [0.1, 0.15) is 0 Å². The van der Waals surface area contributed by atoms with E-state index in [0.29, 0.717) is 13.0 Å². The monoisotopic (exact) mass is 287 g/mol. The van der Waals surface area contributed by atoms with Crippen molar-refractivity contribution in [2.75, 3.05) is 13.1 Å². The molecule has 114 valence electrons. The number of likely N-dealkylation sites (tertiary alicyclic amines) is 1. The smallest absolute Gasteiger partial charge is 0.246 e. The molecule has 0 aromatic heterocycles. The molecule has 1 saturated heterocycles. The summed E-state index contributed by atoms with van der Waals surface area (Å²) in [4.78, 5) is 14.1. The molecule has 1 aromatic rings. The number of aliphatic hydroxyl groups is 1. The van der Waals surface area contributed by atoms with E-state index in [0.717, 1.165) is 24.9 Å². The predicted octanol–water partition coefficient (Wildman–Crippen LogP) is 3.08. The maximum Gasteiger partial charge on any atom is 0.246 e. The van der Waals surface area contributed by atoms with Crippen molar-refractivity contribution in [2.24, 2.45) is 0 Å². The van der Waals surface area contributed by atoms with Crippen LogP contribution in [0.2, 0.25) is 0 Å². The first-order chi connectivity index (χ1) is 9.87. The van der Waals surface area contributed by atoms with Crippen LogP contribution < -0.4 is 0 Å². The van der Waals surface area contributed by atoms with Crippen LogP contribution >= 0.6 is 0 Å². The van der Waals surface area contributed by atoms with E-state index in [2.05, 4.69) is 26.0 Å². The van der Waals surface area contributed by atoms with Crippen LogP contribution in [0.4, 0.5) is 0 Å². The lowest BCUT2D eigenvalue weighted by atomic mass is 9.98. The summed E-state index contributed by atoms with van der Waals surface area (Å²) < 4.78 is 0. The van der Waals surface area contributed by atoms with Gasteiger partial charge in [-0.25, -0.2) is 0 Å². The third kappa shape index (κ3) is 4.43. The minimum atomic E-state index is -0.633. The fourth-order valence-corrected chi connectivity index (χ4v) is 2.76. The Morgan fingerprint density at radius 1 is 1.29 bits per heavy atom. The van der Waals surface area contributed by atoms with Crippen molar-refractivity contribution in [1.82, 2.24) is 4.90 Å². The maximum atomic E-state index is 12.3. The number of benzene rings is 1. The molecule has 0 bridgehead atoms. The average Bonchev–Trinajstić information content (AvgIpc) is 2.58. The summed E-state index contributed by atoms with van der Waals surface area (Å²) in [7, 11) is 0. The fraction of sp³-hybridized carbons (Fsp3) is 0.500. The molecule has 0 saturated carbocycles. The topological polar surface area (TPSA) is 40.5 Å². The molecule has 1 unspecified atom stereocenters. The Morgan fingerprint density at radius 2 is 2.05 bits per heavy atom. The summed E-state index contributed by atoms with van der Waals surface area (Å²) in [5.74, 6) is 0.0349. The average molecular weight is 287 g/mol. The quantitative estimate of drug-likeness (QED) is 0.849. The summed E-state index contributed by atoms with van der Waals surface area (Å²) in [6.45, 7) is 7.33. The SMILES string of the molecule is Cc1ccc(/C=C/C(=O)N2CCCC(C)(O)CC2)c(C)c1. The van der Waals surface area contributed by atoms with E-state index < -0.39 is 5.60 Å². The van der Waals surface area contributed by atoms with Crippen molar-refractivity contribution >= 4 is 12.0 Å². The first kappa shape index (κ1) is 15.8. The van der Waals surface area contributed by atoms with Gasteiger partial charge >= 0.3 is 0 Å². The molecule has 1 aliphatic heterocycles. The number of hydrogen-bond acceptors (Lipinski definition) is 2. The highest BCUT2D eigenvalue weighted by Gasteiger charge is 2.26. The van der Waals surface area contributed by atoms with Crippen molar-refractivity contribution < 1.29 is 9.90 Å². The number of aryl methyl sites for hydroxylation is 2. The zero-order chi connectivity index (χ0) is 15.5. The molecular formula is C18H25NO2. The number of carbonyl (C=O) groups excluding carboxylic acids is 1. The van der Waals surface area contributed by atoms with Gasteiger partial charge in [-0.2, -0.15) is 0 Å². The van der Waals surface area contributed by atoms with Crippen molar-refractivity contribution in [3.63, 3.8) is 0 Å². The molecule has 1 N–H and O–H groups in total. The van der Waals surface area contributed by atoms with Crippen LogP contribution in [0.3, 0.4) is 0 Å². The van der Waals surface area contributed by atoms with Crippen LogP contribution in [0.25, 0.3) is 6.08 Å². The molecule has 0 spiro atoms. The Morgan fingerprint density at radius 3 is 2.76 bits per heavy atom. The van der Waals surface area contributed by atoms with E-state index in [1.807, 2.05) is 24.0 Å². The van der Waals surface area contributed by atoms with E-state index >= 15 is 0 Å². The normalized spacial score (nSPS) is 23.3. The van der Waals surface area contributed by atoms with Crippen LogP contribution in [0, 0.1) is 13.8 Å². The van der Waals surface area contributed by atoms with Crippen LogP contribution in [0.5, 0.6) is 0 Å². The highest BCUT2D eigenvalue weighted by atomic mass is 16.3. The molecule has 1 fully saturated rings. The lowest BCUT2D eigenvalue weighted by molar-refractivity contribution is -0.126. The van der Waals surface area contributed by atoms with Crippen LogP contribution in [-0.2, 0) is 4.79 Å². The molecule has 3 nitrogen and oxygen atoms in total. The van der Waals surface area contributed by atoms with Gasteiger partial charge in [0, 0.05) is 19.2 Å². The number of hydrogen-bond donors (Lipinski definition) is 1. The maximum absolute atomic E-state index is 12.3. The Labute approximate surface area is 127 Å². The van der Waals surface area contributed by atoms with Crippen molar-refractivity contribution in [1.29, 1.82) is 0 Å². The lowest BCUT2D eigenvalue weighted by Crippen LogP contribution is -2.32. The molecule has 0 radical (unpaired) electrons.